The van der Waals surface area contributed by atoms with Crippen LogP contribution in [0.4, 0.5) is 5.69 Å². The van der Waals surface area contributed by atoms with Crippen LogP contribution in [-0.4, -0.2) is 51.3 Å². The number of benzene rings is 2. The van der Waals surface area contributed by atoms with Crippen LogP contribution in [0.15, 0.2) is 71.8 Å². The smallest absolute Gasteiger partial charge is 0.319 e. The maximum absolute atomic E-state index is 14.5. The molecule has 0 aliphatic carbocycles. The number of methoxy groups -OCH3 is 3. The lowest BCUT2D eigenvalue weighted by molar-refractivity contribution is 0.0989. The molecule has 13 heteroatoms. The van der Waals surface area contributed by atoms with E-state index in [-0.39, 0.29) is 41.4 Å². The fraction of sp³-hybridized carbons (Fsp3) is 0.242. The number of aromatic nitrogens is 5. The van der Waals surface area contributed by atoms with Gasteiger partial charge < -0.3 is 23.3 Å². The van der Waals surface area contributed by atoms with Gasteiger partial charge in [0, 0.05) is 23.5 Å². The molecule has 1 unspecified atom stereocenters. The third-order valence-corrected chi connectivity index (χ3v) is 8.20. The van der Waals surface area contributed by atoms with Crippen molar-refractivity contribution in [1.82, 2.24) is 24.1 Å². The number of anilines is 1. The van der Waals surface area contributed by atoms with Gasteiger partial charge >= 0.3 is 6.01 Å². The zero-order valence-corrected chi connectivity index (χ0v) is 27.2. The van der Waals surface area contributed by atoms with Crippen LogP contribution in [0.2, 0.25) is 10.0 Å². The van der Waals surface area contributed by atoms with Crippen LogP contribution in [0.3, 0.4) is 0 Å². The molecule has 0 saturated carbocycles. The summed E-state index contributed by atoms with van der Waals surface area (Å²) in [5.41, 5.74) is 2.56. The first-order valence-electron chi connectivity index (χ1n) is 14.3. The van der Waals surface area contributed by atoms with Crippen molar-refractivity contribution in [2.45, 2.75) is 32.5 Å². The first-order valence-corrected chi connectivity index (χ1v) is 15.1. The van der Waals surface area contributed by atoms with Gasteiger partial charge in [0.1, 0.15) is 23.3 Å². The Labute approximate surface area is 274 Å². The van der Waals surface area contributed by atoms with Gasteiger partial charge in [-0.2, -0.15) is 4.98 Å². The quantitative estimate of drug-likeness (QED) is 0.183. The van der Waals surface area contributed by atoms with Crippen molar-refractivity contribution >= 4 is 34.8 Å². The number of pyridine rings is 1. The number of ether oxygens (including phenoxy) is 3. The van der Waals surface area contributed by atoms with Crippen LogP contribution in [0.25, 0.3) is 11.4 Å². The Kier molecular flexibility index (Phi) is 8.45. The van der Waals surface area contributed by atoms with Crippen LogP contribution in [-0.2, 0) is 6.54 Å². The van der Waals surface area contributed by atoms with E-state index in [0.29, 0.717) is 32.9 Å². The second-order valence-electron chi connectivity index (χ2n) is 10.9. The van der Waals surface area contributed by atoms with Gasteiger partial charge in [0.05, 0.1) is 44.2 Å². The molecule has 1 amide bonds. The van der Waals surface area contributed by atoms with E-state index in [1.165, 1.54) is 29.8 Å². The Balaban J connectivity index is 1.54. The van der Waals surface area contributed by atoms with Gasteiger partial charge in [-0.3, -0.25) is 14.5 Å². The second kappa shape index (κ2) is 12.5. The molecule has 1 aliphatic heterocycles. The first-order chi connectivity index (χ1) is 22.1. The van der Waals surface area contributed by atoms with Crippen molar-refractivity contribution in [1.29, 1.82) is 0 Å². The van der Waals surface area contributed by atoms with E-state index in [2.05, 4.69) is 9.97 Å². The number of imidazole rings is 1. The first kappa shape index (κ1) is 31.1. The van der Waals surface area contributed by atoms with Crippen molar-refractivity contribution in [3.05, 3.63) is 110 Å². The molecule has 0 saturated heterocycles. The maximum atomic E-state index is 14.5. The number of halogens is 2. The number of hydrogen-bond donors (Lipinski definition) is 0. The van der Waals surface area contributed by atoms with Crippen molar-refractivity contribution in [2.75, 3.05) is 26.2 Å². The van der Waals surface area contributed by atoms with Gasteiger partial charge in [0.25, 0.3) is 11.5 Å². The molecule has 0 spiro atoms. The summed E-state index contributed by atoms with van der Waals surface area (Å²) in [5, 5.41) is 0.825. The summed E-state index contributed by atoms with van der Waals surface area (Å²) in [6.07, 6.45) is 3.11. The van der Waals surface area contributed by atoms with Gasteiger partial charge in [-0.15, -0.1) is 0 Å². The molecule has 0 radical (unpaired) electrons. The predicted molar refractivity (Wildman–Crippen MR) is 175 cm³/mol. The molecule has 0 bridgehead atoms. The van der Waals surface area contributed by atoms with Gasteiger partial charge in [-0.25, -0.2) is 9.97 Å². The zero-order valence-electron chi connectivity index (χ0n) is 25.7. The van der Waals surface area contributed by atoms with Gasteiger partial charge in [-0.05, 0) is 55.3 Å². The molecular weight excluding hydrogens is 631 g/mol. The fourth-order valence-electron chi connectivity index (χ4n) is 5.69. The minimum Gasteiger partial charge on any atom is -0.497 e. The van der Waals surface area contributed by atoms with Crippen molar-refractivity contribution < 1.29 is 19.0 Å². The van der Waals surface area contributed by atoms with Crippen LogP contribution in [0, 0.1) is 0 Å². The number of rotatable bonds is 9. The molecule has 4 heterocycles. The van der Waals surface area contributed by atoms with E-state index in [1.807, 2.05) is 54.8 Å². The molecular formula is C33H30Cl2N6O5. The highest BCUT2D eigenvalue weighted by molar-refractivity contribution is 6.31. The number of fused-ring (bicyclic) bond motifs is 1. The average Bonchev–Trinajstić information content (AvgIpc) is 3.58. The summed E-state index contributed by atoms with van der Waals surface area (Å²) in [6.45, 7) is 4.19. The summed E-state index contributed by atoms with van der Waals surface area (Å²) in [4.78, 5) is 43.5. The number of carbonyl (C=O) groups is 1. The van der Waals surface area contributed by atoms with E-state index in [0.717, 1.165) is 11.1 Å². The third-order valence-electron chi connectivity index (χ3n) is 7.74. The second-order valence-corrected chi connectivity index (χ2v) is 11.7. The van der Waals surface area contributed by atoms with Crippen LogP contribution in [0.1, 0.15) is 53.2 Å². The minimum absolute atomic E-state index is 0.117. The Hall–Kier alpha value is -4.87. The Morgan fingerprint density at radius 3 is 2.24 bits per heavy atom. The summed E-state index contributed by atoms with van der Waals surface area (Å²) < 4.78 is 19.4. The molecule has 236 valence electrons. The van der Waals surface area contributed by atoms with E-state index in [4.69, 9.17) is 42.4 Å². The van der Waals surface area contributed by atoms with Crippen molar-refractivity contribution in [2.24, 2.45) is 0 Å². The van der Waals surface area contributed by atoms with E-state index < -0.39 is 11.9 Å². The molecule has 3 aromatic heterocycles. The van der Waals surface area contributed by atoms with E-state index in [1.54, 1.807) is 31.6 Å². The monoisotopic (exact) mass is 660 g/mol. The molecule has 1 aliphatic rings. The summed E-state index contributed by atoms with van der Waals surface area (Å²) in [6, 6.07) is 15.3. The highest BCUT2D eigenvalue weighted by Crippen LogP contribution is 2.45. The molecule has 1 atom stereocenters. The number of amides is 1. The Bertz CT molecular complexity index is 1990. The minimum atomic E-state index is -0.741. The van der Waals surface area contributed by atoms with Crippen LogP contribution >= 0.6 is 23.2 Å². The Morgan fingerprint density at radius 2 is 1.61 bits per heavy atom. The lowest BCUT2D eigenvalue weighted by Gasteiger charge is -2.28. The maximum Gasteiger partial charge on any atom is 0.319 e. The summed E-state index contributed by atoms with van der Waals surface area (Å²) >= 11 is 12.9. The van der Waals surface area contributed by atoms with Crippen LogP contribution in [0.5, 0.6) is 17.6 Å². The number of nitrogens with zero attached hydrogens (tertiary/aromatic N) is 6. The largest absolute Gasteiger partial charge is 0.497 e. The molecule has 5 aromatic rings. The average molecular weight is 662 g/mol. The highest BCUT2D eigenvalue weighted by atomic mass is 35.5. The van der Waals surface area contributed by atoms with Crippen molar-refractivity contribution in [3.63, 3.8) is 0 Å². The lowest BCUT2D eigenvalue weighted by atomic mass is 10.0. The normalized spacial score (nSPS) is 14.1. The lowest BCUT2D eigenvalue weighted by Crippen LogP contribution is -2.36. The van der Waals surface area contributed by atoms with Crippen molar-refractivity contribution in [3.8, 4) is 29.0 Å². The van der Waals surface area contributed by atoms with E-state index in [9.17, 15) is 9.59 Å². The van der Waals surface area contributed by atoms with Crippen LogP contribution < -0.4 is 24.7 Å². The molecule has 0 N–H and O–H groups in total. The van der Waals surface area contributed by atoms with Gasteiger partial charge in [0.15, 0.2) is 5.69 Å². The standard InChI is InChI=1S/C33H30Cl2N6O5/c1-18(2)40-28-26(37-29(40)24-15-36-33(46-5)38-30(24)45-4)32(43)41(27(28)20-8-10-21(34)11-9-20)25-14-22(35)17-39(31(25)42)16-19-6-12-23(44-3)13-7-19/h6-15,17-18,27H,16H2,1-5H3. The highest BCUT2D eigenvalue weighted by Gasteiger charge is 2.46. The topological polar surface area (TPSA) is 114 Å². The van der Waals surface area contributed by atoms with Gasteiger partial charge in [0.2, 0.25) is 5.88 Å². The molecule has 6 rings (SSSR count). The molecule has 11 nitrogen and oxygen atoms in total. The van der Waals surface area contributed by atoms with Gasteiger partial charge in [-0.1, -0.05) is 47.5 Å². The summed E-state index contributed by atoms with van der Waals surface area (Å²) in [7, 11) is 4.54. The third kappa shape index (κ3) is 5.45. The molecule has 0 fully saturated rings. The number of carbonyl (C=O) groups excluding carboxylic acids is 1. The summed E-state index contributed by atoms with van der Waals surface area (Å²) in [5.74, 6) is 0.917. The predicted octanol–water partition coefficient (Wildman–Crippen LogP) is 6.21. The number of hydrogen-bond acceptors (Lipinski definition) is 8. The Morgan fingerprint density at radius 1 is 0.891 bits per heavy atom. The molecule has 46 heavy (non-hydrogen) atoms. The SMILES string of the molecule is COc1ccc(Cn2cc(Cl)cc(N3C(=O)c4nc(-c5cnc(OC)nc5OC)n(C(C)C)c4C3c3ccc(Cl)cc3)c2=O)cc1. The zero-order chi connectivity index (χ0) is 32.7. The van der Waals surface area contributed by atoms with E-state index >= 15 is 0 Å². The fourth-order valence-corrected chi connectivity index (χ4v) is 6.04. The molecule has 2 aromatic carbocycles.